The van der Waals surface area contributed by atoms with Gasteiger partial charge in [-0.3, -0.25) is 4.79 Å². The second-order valence-electron chi connectivity index (χ2n) is 7.14. The fourth-order valence-corrected chi connectivity index (χ4v) is 4.16. The van der Waals surface area contributed by atoms with Gasteiger partial charge in [0.1, 0.15) is 35.6 Å². The first-order valence-corrected chi connectivity index (χ1v) is 10.3. The van der Waals surface area contributed by atoms with Crippen molar-refractivity contribution in [2.75, 3.05) is 0 Å². The average Bonchev–Trinajstić information content (AvgIpc) is 2.73. The quantitative estimate of drug-likeness (QED) is 0.683. The molecule has 0 unspecified atom stereocenters. The third-order valence-electron chi connectivity index (χ3n) is 5.20. The average molecular weight is 469 g/mol. The number of ether oxygens (including phenoxy) is 2. The van der Waals surface area contributed by atoms with Gasteiger partial charge < -0.3 is 15.2 Å². The molecule has 0 saturated carbocycles. The van der Waals surface area contributed by atoms with Gasteiger partial charge in [0.15, 0.2) is 5.78 Å². The SMILES string of the molecule is N#CC1=C(N)OC2=C(C(=O)CCC2)[C@H]1c1cc(Br)ccc1OCc1ccc(F)cc1. The molecule has 1 aliphatic carbocycles. The standard InChI is InChI=1S/C23H18BrFN2O3/c24-14-6-9-19(29-12-13-4-7-15(25)8-5-13)16(10-14)21-17(11-26)23(27)30-20-3-1-2-18(28)22(20)21/h4-10,21H,1-3,12,27H2/t21-/m0/s1. The lowest BCUT2D eigenvalue weighted by atomic mass is 9.77. The number of benzene rings is 2. The first-order chi connectivity index (χ1) is 14.5. The lowest BCUT2D eigenvalue weighted by Gasteiger charge is -2.31. The molecule has 30 heavy (non-hydrogen) atoms. The van der Waals surface area contributed by atoms with Crippen molar-refractivity contribution >= 4 is 21.7 Å². The Morgan fingerprint density at radius 3 is 2.73 bits per heavy atom. The summed E-state index contributed by atoms with van der Waals surface area (Å²) < 4.78 is 25.6. The number of carbonyl (C=O) groups excluding carboxylic acids is 1. The van der Waals surface area contributed by atoms with Gasteiger partial charge in [-0.2, -0.15) is 5.26 Å². The van der Waals surface area contributed by atoms with Gasteiger partial charge in [0.2, 0.25) is 5.88 Å². The number of carbonyl (C=O) groups is 1. The summed E-state index contributed by atoms with van der Waals surface area (Å²) in [4.78, 5) is 12.8. The number of Topliss-reactive ketones (excluding diaryl/α,β-unsaturated/α-hetero) is 1. The maximum absolute atomic E-state index is 13.2. The summed E-state index contributed by atoms with van der Waals surface area (Å²) in [6.07, 6.45) is 1.68. The number of hydrogen-bond acceptors (Lipinski definition) is 5. The Labute approximate surface area is 181 Å². The topological polar surface area (TPSA) is 85.3 Å². The first kappa shape index (κ1) is 20.2. The lowest BCUT2D eigenvalue weighted by molar-refractivity contribution is -0.116. The van der Waals surface area contributed by atoms with E-state index in [9.17, 15) is 14.4 Å². The maximum Gasteiger partial charge on any atom is 0.205 e. The maximum atomic E-state index is 13.2. The van der Waals surface area contributed by atoms with Crippen LogP contribution in [0.25, 0.3) is 0 Å². The molecule has 152 valence electrons. The second kappa shape index (κ2) is 8.33. The van der Waals surface area contributed by atoms with Crippen molar-refractivity contribution in [2.24, 2.45) is 5.73 Å². The Hall–Kier alpha value is -3.11. The lowest BCUT2D eigenvalue weighted by Crippen LogP contribution is -2.27. The zero-order valence-corrected chi connectivity index (χ0v) is 17.5. The third-order valence-corrected chi connectivity index (χ3v) is 5.69. The van der Waals surface area contributed by atoms with E-state index >= 15 is 0 Å². The van der Waals surface area contributed by atoms with Crippen LogP contribution in [0.2, 0.25) is 0 Å². The van der Waals surface area contributed by atoms with Gasteiger partial charge in [-0.25, -0.2) is 4.39 Å². The summed E-state index contributed by atoms with van der Waals surface area (Å²) >= 11 is 3.47. The molecule has 2 aliphatic rings. The molecule has 2 aromatic rings. The number of nitrogens with two attached hydrogens (primary N) is 1. The van der Waals surface area contributed by atoms with Crippen molar-refractivity contribution in [3.63, 3.8) is 0 Å². The van der Waals surface area contributed by atoms with Crippen LogP contribution in [-0.4, -0.2) is 5.78 Å². The van der Waals surface area contributed by atoms with Crippen LogP contribution in [0, 0.1) is 17.1 Å². The minimum atomic E-state index is -0.660. The van der Waals surface area contributed by atoms with Crippen molar-refractivity contribution in [3.05, 3.63) is 86.7 Å². The molecule has 0 radical (unpaired) electrons. The first-order valence-electron chi connectivity index (χ1n) is 9.48. The molecule has 2 aromatic carbocycles. The van der Waals surface area contributed by atoms with Gasteiger partial charge in [-0.1, -0.05) is 28.1 Å². The molecular weight excluding hydrogens is 451 g/mol. The fraction of sp³-hybridized carbons (Fsp3) is 0.217. The zero-order chi connectivity index (χ0) is 21.3. The van der Waals surface area contributed by atoms with Crippen molar-refractivity contribution < 1.29 is 18.7 Å². The van der Waals surface area contributed by atoms with Crippen LogP contribution in [0.3, 0.4) is 0 Å². The molecule has 0 spiro atoms. The van der Waals surface area contributed by atoms with Gasteiger partial charge in [0.05, 0.1) is 5.92 Å². The highest BCUT2D eigenvalue weighted by atomic mass is 79.9. The van der Waals surface area contributed by atoms with Crippen LogP contribution in [0.15, 0.2) is 69.7 Å². The highest BCUT2D eigenvalue weighted by Gasteiger charge is 2.39. The fourth-order valence-electron chi connectivity index (χ4n) is 3.79. The summed E-state index contributed by atoms with van der Waals surface area (Å²) in [5.41, 5.74) is 8.14. The van der Waals surface area contributed by atoms with Gasteiger partial charge in [0, 0.05) is 28.5 Å². The molecule has 2 N–H and O–H groups in total. The number of rotatable bonds is 4. The Morgan fingerprint density at radius 2 is 2.00 bits per heavy atom. The van der Waals surface area contributed by atoms with E-state index in [-0.39, 0.29) is 29.7 Å². The van der Waals surface area contributed by atoms with Crippen LogP contribution in [-0.2, 0) is 16.1 Å². The highest BCUT2D eigenvalue weighted by Crippen LogP contribution is 2.46. The Bertz CT molecular complexity index is 1120. The Morgan fingerprint density at radius 1 is 1.23 bits per heavy atom. The van der Waals surface area contributed by atoms with Crippen LogP contribution in [0.4, 0.5) is 4.39 Å². The van der Waals surface area contributed by atoms with Crippen LogP contribution >= 0.6 is 15.9 Å². The largest absolute Gasteiger partial charge is 0.489 e. The predicted molar refractivity (Wildman–Crippen MR) is 111 cm³/mol. The summed E-state index contributed by atoms with van der Waals surface area (Å²) in [7, 11) is 0. The van der Waals surface area contributed by atoms with Crippen molar-refractivity contribution in [3.8, 4) is 11.8 Å². The van der Waals surface area contributed by atoms with E-state index in [1.807, 2.05) is 12.1 Å². The van der Waals surface area contributed by atoms with E-state index in [0.29, 0.717) is 41.9 Å². The van der Waals surface area contributed by atoms with E-state index in [2.05, 4.69) is 22.0 Å². The van der Waals surface area contributed by atoms with Gasteiger partial charge >= 0.3 is 0 Å². The summed E-state index contributed by atoms with van der Waals surface area (Å²) in [5, 5.41) is 9.77. The molecule has 0 bridgehead atoms. The smallest absolute Gasteiger partial charge is 0.205 e. The molecule has 1 atom stereocenters. The predicted octanol–water partition coefficient (Wildman–Crippen LogP) is 4.98. The van der Waals surface area contributed by atoms with E-state index in [1.54, 1.807) is 18.2 Å². The molecule has 0 aromatic heterocycles. The van der Waals surface area contributed by atoms with E-state index in [0.717, 1.165) is 10.0 Å². The number of hydrogen-bond donors (Lipinski definition) is 1. The minimum Gasteiger partial charge on any atom is -0.489 e. The van der Waals surface area contributed by atoms with Crippen LogP contribution in [0.1, 0.15) is 36.3 Å². The number of allylic oxidation sites excluding steroid dienone is 3. The van der Waals surface area contributed by atoms with E-state index in [4.69, 9.17) is 15.2 Å². The monoisotopic (exact) mass is 468 g/mol. The van der Waals surface area contributed by atoms with Crippen LogP contribution < -0.4 is 10.5 Å². The third kappa shape index (κ3) is 3.83. The van der Waals surface area contributed by atoms with Crippen molar-refractivity contribution in [2.45, 2.75) is 31.8 Å². The van der Waals surface area contributed by atoms with Gasteiger partial charge in [-0.05, 0) is 42.3 Å². The molecule has 0 amide bonds. The van der Waals surface area contributed by atoms with E-state index in [1.165, 1.54) is 12.1 Å². The Balaban J connectivity index is 1.77. The minimum absolute atomic E-state index is 0.0143. The number of ketones is 1. The summed E-state index contributed by atoms with van der Waals surface area (Å²) in [6.45, 7) is 0.207. The van der Waals surface area contributed by atoms with Crippen molar-refractivity contribution in [1.82, 2.24) is 0 Å². The van der Waals surface area contributed by atoms with Crippen molar-refractivity contribution in [1.29, 1.82) is 5.26 Å². The summed E-state index contributed by atoms with van der Waals surface area (Å²) in [6, 6.07) is 13.6. The number of nitriles is 1. The molecule has 4 rings (SSSR count). The second-order valence-corrected chi connectivity index (χ2v) is 8.05. The molecule has 7 heteroatoms. The number of halogens is 2. The van der Waals surface area contributed by atoms with Gasteiger partial charge in [0.25, 0.3) is 0 Å². The molecule has 0 saturated heterocycles. The molecule has 1 heterocycles. The summed E-state index contributed by atoms with van der Waals surface area (Å²) in [5.74, 6) is 0.0240. The molecule has 0 fully saturated rings. The molecular formula is C23H18BrFN2O3. The Kier molecular flexibility index (Phi) is 5.60. The normalized spacial score (nSPS) is 18.6. The van der Waals surface area contributed by atoms with Gasteiger partial charge in [-0.15, -0.1) is 0 Å². The zero-order valence-electron chi connectivity index (χ0n) is 16.0. The van der Waals surface area contributed by atoms with E-state index < -0.39 is 5.92 Å². The highest BCUT2D eigenvalue weighted by molar-refractivity contribution is 9.10. The number of nitrogens with zero attached hydrogens (tertiary/aromatic N) is 1. The van der Waals surface area contributed by atoms with Crippen LogP contribution in [0.5, 0.6) is 5.75 Å². The molecule has 1 aliphatic heterocycles. The molecule has 5 nitrogen and oxygen atoms in total.